The molecule has 2 N–H and O–H groups in total. The van der Waals surface area contributed by atoms with Gasteiger partial charge in [0.05, 0.1) is 18.0 Å². The second kappa shape index (κ2) is 4.56. The van der Waals surface area contributed by atoms with E-state index in [1.54, 1.807) is 12.3 Å². The van der Waals surface area contributed by atoms with Crippen molar-refractivity contribution in [3.63, 3.8) is 0 Å². The number of nitrogens with one attached hydrogen (secondary N) is 2. The molecule has 1 aromatic rings. The minimum absolute atomic E-state index is 0.134. The summed E-state index contributed by atoms with van der Waals surface area (Å²) in [5.41, 5.74) is 0.761. The Morgan fingerprint density at radius 3 is 2.79 bits per heavy atom. The summed E-state index contributed by atoms with van der Waals surface area (Å²) in [4.78, 5) is 0. The number of sulfonamides is 1. The van der Waals surface area contributed by atoms with Crippen LogP contribution < -0.4 is 4.72 Å². The standard InChI is InChI=1S/C8H15N3O2S/c1-7(2)6-14(12,13)10-5-8-3-4-9-11-8/h3-4,7,10H,5-6H2,1-2H3,(H,9,11). The van der Waals surface area contributed by atoms with Crippen LogP contribution in [-0.2, 0) is 16.6 Å². The number of hydrogen-bond donors (Lipinski definition) is 2. The van der Waals surface area contributed by atoms with E-state index in [9.17, 15) is 8.42 Å². The van der Waals surface area contributed by atoms with Crippen LogP contribution in [0.5, 0.6) is 0 Å². The number of nitrogens with zero attached hydrogens (tertiary/aromatic N) is 1. The second-order valence-corrected chi connectivity index (χ2v) is 5.43. The summed E-state index contributed by atoms with van der Waals surface area (Å²) in [6.07, 6.45) is 1.59. The summed E-state index contributed by atoms with van der Waals surface area (Å²) >= 11 is 0. The van der Waals surface area contributed by atoms with Crippen LogP contribution in [0.15, 0.2) is 12.3 Å². The third-order valence-electron chi connectivity index (χ3n) is 1.59. The predicted octanol–water partition coefficient (Wildman–Crippen LogP) is 0.485. The van der Waals surface area contributed by atoms with Crippen molar-refractivity contribution < 1.29 is 8.42 Å². The lowest BCUT2D eigenvalue weighted by Crippen LogP contribution is -2.28. The molecule has 0 aliphatic carbocycles. The normalized spacial score (nSPS) is 12.2. The molecule has 1 aromatic heterocycles. The Balaban J connectivity index is 2.45. The summed E-state index contributed by atoms with van der Waals surface area (Å²) in [6, 6.07) is 1.73. The molecular formula is C8H15N3O2S. The minimum Gasteiger partial charge on any atom is -0.281 e. The van der Waals surface area contributed by atoms with Gasteiger partial charge in [-0.1, -0.05) is 13.8 Å². The number of aromatic amines is 1. The van der Waals surface area contributed by atoms with E-state index in [1.807, 2.05) is 13.8 Å². The van der Waals surface area contributed by atoms with E-state index in [0.717, 1.165) is 5.69 Å². The largest absolute Gasteiger partial charge is 0.281 e. The van der Waals surface area contributed by atoms with Gasteiger partial charge >= 0.3 is 0 Å². The quantitative estimate of drug-likeness (QED) is 0.753. The molecule has 0 spiro atoms. The van der Waals surface area contributed by atoms with Gasteiger partial charge in [0.25, 0.3) is 0 Å². The highest BCUT2D eigenvalue weighted by Gasteiger charge is 2.12. The molecule has 0 fully saturated rings. The zero-order chi connectivity index (χ0) is 10.6. The smallest absolute Gasteiger partial charge is 0.212 e. The molecule has 80 valence electrons. The molecule has 0 aliphatic rings. The van der Waals surface area contributed by atoms with Crippen LogP contribution in [0.25, 0.3) is 0 Å². The van der Waals surface area contributed by atoms with Crippen LogP contribution in [0.1, 0.15) is 19.5 Å². The highest BCUT2D eigenvalue weighted by molar-refractivity contribution is 7.89. The summed E-state index contributed by atoms with van der Waals surface area (Å²) in [6.45, 7) is 4.01. The van der Waals surface area contributed by atoms with Crippen molar-refractivity contribution >= 4 is 10.0 Å². The van der Waals surface area contributed by atoms with Crippen molar-refractivity contribution in [3.8, 4) is 0 Å². The molecule has 0 aromatic carbocycles. The maximum atomic E-state index is 11.4. The summed E-state index contributed by atoms with van der Waals surface area (Å²) in [7, 11) is -3.15. The fourth-order valence-electron chi connectivity index (χ4n) is 1.07. The third kappa shape index (κ3) is 3.89. The Bertz CT molecular complexity index is 356. The molecule has 6 heteroatoms. The molecule has 0 atom stereocenters. The Kier molecular flexibility index (Phi) is 3.65. The molecule has 5 nitrogen and oxygen atoms in total. The highest BCUT2D eigenvalue weighted by atomic mass is 32.2. The van der Waals surface area contributed by atoms with Crippen molar-refractivity contribution in [2.75, 3.05) is 5.75 Å². The fraction of sp³-hybridized carbons (Fsp3) is 0.625. The third-order valence-corrected chi connectivity index (χ3v) is 3.28. The van der Waals surface area contributed by atoms with Crippen LogP contribution in [-0.4, -0.2) is 24.4 Å². The molecular weight excluding hydrogens is 202 g/mol. The van der Waals surface area contributed by atoms with Crippen LogP contribution in [0.4, 0.5) is 0 Å². The van der Waals surface area contributed by atoms with Crippen molar-refractivity contribution in [1.29, 1.82) is 0 Å². The molecule has 0 bridgehead atoms. The molecule has 0 saturated heterocycles. The van der Waals surface area contributed by atoms with Gasteiger partial charge in [0, 0.05) is 6.20 Å². The first-order chi connectivity index (χ1) is 6.49. The summed E-state index contributed by atoms with van der Waals surface area (Å²) in [5.74, 6) is 0.287. The SMILES string of the molecule is CC(C)CS(=O)(=O)NCc1ccn[nH]1. The first-order valence-electron chi connectivity index (χ1n) is 4.45. The maximum Gasteiger partial charge on any atom is 0.212 e. The first-order valence-corrected chi connectivity index (χ1v) is 6.10. The summed E-state index contributed by atoms with van der Waals surface area (Å²) in [5, 5.41) is 6.41. The molecule has 0 unspecified atom stereocenters. The van der Waals surface area contributed by atoms with Gasteiger partial charge < -0.3 is 0 Å². The van der Waals surface area contributed by atoms with E-state index in [-0.39, 0.29) is 18.2 Å². The van der Waals surface area contributed by atoms with E-state index in [2.05, 4.69) is 14.9 Å². The van der Waals surface area contributed by atoms with Gasteiger partial charge in [-0.25, -0.2) is 13.1 Å². The zero-order valence-electron chi connectivity index (χ0n) is 8.32. The van der Waals surface area contributed by atoms with Gasteiger partial charge in [-0.05, 0) is 12.0 Å². The molecule has 0 aliphatic heterocycles. The first kappa shape index (κ1) is 11.2. The average molecular weight is 217 g/mol. The van der Waals surface area contributed by atoms with E-state index in [4.69, 9.17) is 0 Å². The van der Waals surface area contributed by atoms with Gasteiger partial charge in [-0.3, -0.25) is 5.10 Å². The van der Waals surface area contributed by atoms with Crippen molar-refractivity contribution in [2.24, 2.45) is 5.92 Å². The molecule has 14 heavy (non-hydrogen) atoms. The molecule has 0 saturated carbocycles. The Morgan fingerprint density at radius 2 is 2.29 bits per heavy atom. The predicted molar refractivity (Wildman–Crippen MR) is 54.1 cm³/mol. The second-order valence-electron chi connectivity index (χ2n) is 3.58. The fourth-order valence-corrected chi connectivity index (χ4v) is 2.44. The number of hydrogen-bond acceptors (Lipinski definition) is 3. The van der Waals surface area contributed by atoms with Crippen molar-refractivity contribution in [2.45, 2.75) is 20.4 Å². The Morgan fingerprint density at radius 1 is 1.57 bits per heavy atom. The van der Waals surface area contributed by atoms with Gasteiger partial charge in [0.1, 0.15) is 0 Å². The van der Waals surface area contributed by atoms with Gasteiger partial charge in [-0.2, -0.15) is 5.10 Å². The van der Waals surface area contributed by atoms with E-state index < -0.39 is 10.0 Å². The van der Waals surface area contributed by atoms with Crippen LogP contribution in [0.2, 0.25) is 0 Å². The Labute approximate surface area is 84.0 Å². The van der Waals surface area contributed by atoms with Gasteiger partial charge in [-0.15, -0.1) is 0 Å². The maximum absolute atomic E-state index is 11.4. The lowest BCUT2D eigenvalue weighted by atomic mass is 10.3. The topological polar surface area (TPSA) is 74.8 Å². The van der Waals surface area contributed by atoms with Crippen LogP contribution in [0.3, 0.4) is 0 Å². The molecule has 0 radical (unpaired) electrons. The molecule has 1 rings (SSSR count). The van der Waals surface area contributed by atoms with Crippen molar-refractivity contribution in [3.05, 3.63) is 18.0 Å². The van der Waals surface area contributed by atoms with E-state index in [0.29, 0.717) is 0 Å². The highest BCUT2D eigenvalue weighted by Crippen LogP contribution is 1.99. The Hall–Kier alpha value is -0.880. The minimum atomic E-state index is -3.15. The monoisotopic (exact) mass is 217 g/mol. The lowest BCUT2D eigenvalue weighted by molar-refractivity contribution is 0.567. The molecule has 0 amide bonds. The van der Waals surface area contributed by atoms with Crippen LogP contribution >= 0.6 is 0 Å². The molecule has 1 heterocycles. The number of aromatic nitrogens is 2. The van der Waals surface area contributed by atoms with E-state index >= 15 is 0 Å². The van der Waals surface area contributed by atoms with E-state index in [1.165, 1.54) is 0 Å². The lowest BCUT2D eigenvalue weighted by Gasteiger charge is -2.07. The van der Waals surface area contributed by atoms with Gasteiger partial charge in [0.15, 0.2) is 0 Å². The summed E-state index contributed by atoms with van der Waals surface area (Å²) < 4.78 is 25.3. The van der Waals surface area contributed by atoms with Crippen molar-refractivity contribution in [1.82, 2.24) is 14.9 Å². The average Bonchev–Trinajstić information content (AvgIpc) is 2.50. The zero-order valence-corrected chi connectivity index (χ0v) is 9.13. The number of rotatable bonds is 5. The van der Waals surface area contributed by atoms with Crippen LogP contribution in [0, 0.1) is 5.92 Å². The van der Waals surface area contributed by atoms with Gasteiger partial charge in [0.2, 0.25) is 10.0 Å². The number of H-pyrrole nitrogens is 1.